The van der Waals surface area contributed by atoms with E-state index in [1.54, 1.807) is 18.2 Å². The third-order valence-corrected chi connectivity index (χ3v) is 5.10. The van der Waals surface area contributed by atoms with Crippen molar-refractivity contribution in [3.8, 4) is 11.6 Å². The van der Waals surface area contributed by atoms with Crippen molar-refractivity contribution in [1.82, 2.24) is 4.98 Å². The van der Waals surface area contributed by atoms with Crippen LogP contribution < -0.4 is 4.74 Å². The molecule has 0 aliphatic carbocycles. The second-order valence-electron chi connectivity index (χ2n) is 6.05. The van der Waals surface area contributed by atoms with E-state index in [0.717, 1.165) is 19.7 Å². The van der Waals surface area contributed by atoms with Crippen LogP contribution in [-0.4, -0.2) is 22.6 Å². The van der Waals surface area contributed by atoms with Gasteiger partial charge in [-0.3, -0.25) is 4.79 Å². The third-order valence-electron chi connectivity index (χ3n) is 4.11. The molecule has 0 spiro atoms. The first-order chi connectivity index (χ1) is 13.5. The highest BCUT2D eigenvalue weighted by Gasteiger charge is 2.11. The molecule has 8 heteroatoms. The molecule has 0 aliphatic heterocycles. The molecule has 0 fully saturated rings. The molecule has 0 unspecified atom stereocenters. The molecule has 28 heavy (non-hydrogen) atoms. The maximum Gasteiger partial charge on any atom is 0.302 e. The lowest BCUT2D eigenvalue weighted by Crippen LogP contribution is -2.07. The predicted octanol–water partition coefficient (Wildman–Crippen LogP) is 6.24. The van der Waals surface area contributed by atoms with E-state index in [0.29, 0.717) is 16.7 Å². The number of hydrogen-bond acceptors (Lipinski definition) is 4. The zero-order chi connectivity index (χ0) is 19.7. The Hall–Kier alpha value is -2.71. The summed E-state index contributed by atoms with van der Waals surface area (Å²) >= 11 is 6.81. The summed E-state index contributed by atoms with van der Waals surface area (Å²) in [6, 6.07) is 16.9. The number of benzene rings is 3. The van der Waals surface area contributed by atoms with Crippen molar-refractivity contribution in [3.63, 3.8) is 0 Å². The summed E-state index contributed by atoms with van der Waals surface area (Å²) in [5.74, 6) is -0.136. The molecule has 0 radical (unpaired) electrons. The van der Waals surface area contributed by atoms with Crippen LogP contribution in [0.4, 0.5) is 5.69 Å². The van der Waals surface area contributed by atoms with Crippen LogP contribution in [0.1, 0.15) is 0 Å². The lowest BCUT2D eigenvalue weighted by molar-refractivity contribution is -0.120. The minimum absolute atomic E-state index is 0.147. The summed E-state index contributed by atoms with van der Waals surface area (Å²) in [4.78, 5) is 14.8. The predicted molar refractivity (Wildman–Crippen MR) is 114 cm³/mol. The molecule has 4 rings (SSSR count). The molecule has 2 N–H and O–H groups in total. The summed E-state index contributed by atoms with van der Waals surface area (Å²) in [5.41, 5.74) is 0.905. The van der Waals surface area contributed by atoms with Gasteiger partial charge in [0.25, 0.3) is 0 Å². The molecular weight excluding hydrogens is 490 g/mol. The number of carbonyl (C=O) groups is 1. The van der Waals surface area contributed by atoms with E-state index in [-0.39, 0.29) is 18.2 Å². The van der Waals surface area contributed by atoms with E-state index in [1.807, 2.05) is 36.4 Å². The van der Waals surface area contributed by atoms with Gasteiger partial charge >= 0.3 is 5.91 Å². The second kappa shape index (κ2) is 7.73. The number of fused-ring (bicyclic) bond motifs is 2. The Balaban J connectivity index is 1.47. The molecular formula is C20H13Br2N3O3. The average Bonchev–Trinajstić information content (AvgIpc) is 2.99. The van der Waals surface area contributed by atoms with Crippen molar-refractivity contribution in [2.75, 3.05) is 6.61 Å². The van der Waals surface area contributed by atoms with E-state index >= 15 is 0 Å². The van der Waals surface area contributed by atoms with Crippen molar-refractivity contribution in [2.24, 2.45) is 10.2 Å². The monoisotopic (exact) mass is 501 g/mol. The number of aromatic nitrogens is 1. The Morgan fingerprint density at radius 3 is 2.57 bits per heavy atom. The van der Waals surface area contributed by atoms with Crippen LogP contribution >= 0.6 is 31.9 Å². The summed E-state index contributed by atoms with van der Waals surface area (Å²) in [6.45, 7) is -0.252. The number of aromatic amines is 1. The molecule has 4 aromatic rings. The van der Waals surface area contributed by atoms with Crippen molar-refractivity contribution < 1.29 is 14.6 Å². The number of amides is 1. The van der Waals surface area contributed by atoms with Crippen molar-refractivity contribution >= 4 is 65.1 Å². The SMILES string of the molecule is O=C(COc1ccc2cc(Br)ccc2c1)N=Nc1c(O)[nH]c2ccc(Br)cc12. The fraction of sp³-hybridized carbons (Fsp3) is 0.0500. The second-order valence-corrected chi connectivity index (χ2v) is 7.88. The zero-order valence-electron chi connectivity index (χ0n) is 14.3. The van der Waals surface area contributed by atoms with Gasteiger partial charge in [0.2, 0.25) is 5.88 Å². The van der Waals surface area contributed by atoms with Gasteiger partial charge in [0, 0.05) is 14.3 Å². The Labute approximate surface area is 176 Å². The van der Waals surface area contributed by atoms with E-state index in [9.17, 15) is 9.90 Å². The van der Waals surface area contributed by atoms with E-state index in [1.165, 1.54) is 0 Å². The van der Waals surface area contributed by atoms with Gasteiger partial charge in [-0.1, -0.05) is 44.0 Å². The fourth-order valence-corrected chi connectivity index (χ4v) is 3.54. The van der Waals surface area contributed by atoms with Gasteiger partial charge < -0.3 is 14.8 Å². The van der Waals surface area contributed by atoms with E-state index in [2.05, 4.69) is 47.1 Å². The van der Waals surface area contributed by atoms with E-state index < -0.39 is 5.91 Å². The van der Waals surface area contributed by atoms with Gasteiger partial charge in [0.1, 0.15) is 5.75 Å². The molecule has 0 saturated heterocycles. The van der Waals surface area contributed by atoms with Gasteiger partial charge in [-0.2, -0.15) is 0 Å². The summed E-state index contributed by atoms with van der Waals surface area (Å²) in [7, 11) is 0. The van der Waals surface area contributed by atoms with E-state index in [4.69, 9.17) is 4.74 Å². The maximum absolute atomic E-state index is 12.0. The molecule has 140 valence electrons. The normalized spacial score (nSPS) is 11.5. The summed E-state index contributed by atoms with van der Waals surface area (Å²) in [6.07, 6.45) is 0. The van der Waals surface area contributed by atoms with Crippen LogP contribution in [-0.2, 0) is 4.79 Å². The van der Waals surface area contributed by atoms with Crippen LogP contribution in [0.2, 0.25) is 0 Å². The number of ether oxygens (including phenoxy) is 1. The molecule has 0 bridgehead atoms. The van der Waals surface area contributed by atoms with Crippen molar-refractivity contribution in [2.45, 2.75) is 0 Å². The lowest BCUT2D eigenvalue weighted by atomic mass is 10.1. The average molecular weight is 503 g/mol. The number of hydrogen-bond donors (Lipinski definition) is 2. The molecule has 0 aliphatic rings. The fourth-order valence-electron chi connectivity index (χ4n) is 2.80. The summed E-state index contributed by atoms with van der Waals surface area (Å²) in [5, 5.41) is 20.3. The van der Waals surface area contributed by atoms with Crippen LogP contribution in [0.25, 0.3) is 21.7 Å². The van der Waals surface area contributed by atoms with Crippen molar-refractivity contribution in [3.05, 3.63) is 63.5 Å². The third kappa shape index (κ3) is 3.93. The topological polar surface area (TPSA) is 87.0 Å². The van der Waals surface area contributed by atoms with Gasteiger partial charge in [-0.05, 0) is 53.2 Å². The first-order valence-corrected chi connectivity index (χ1v) is 9.85. The zero-order valence-corrected chi connectivity index (χ0v) is 17.5. The van der Waals surface area contributed by atoms with Gasteiger partial charge in [-0.15, -0.1) is 10.2 Å². The molecule has 0 saturated carbocycles. The summed E-state index contributed by atoms with van der Waals surface area (Å²) < 4.78 is 7.34. The highest BCUT2D eigenvalue weighted by molar-refractivity contribution is 9.10. The molecule has 1 aromatic heterocycles. The molecule has 0 atom stereocenters. The van der Waals surface area contributed by atoms with Crippen molar-refractivity contribution in [1.29, 1.82) is 0 Å². The Bertz CT molecular complexity index is 1230. The number of nitrogens with zero attached hydrogens (tertiary/aromatic N) is 2. The quantitative estimate of drug-likeness (QED) is 0.324. The number of halogens is 2. The molecule has 3 aromatic carbocycles. The smallest absolute Gasteiger partial charge is 0.302 e. The van der Waals surface area contributed by atoms with Gasteiger partial charge in [0.15, 0.2) is 12.3 Å². The lowest BCUT2D eigenvalue weighted by Gasteiger charge is -2.05. The molecule has 1 amide bonds. The minimum Gasteiger partial charge on any atom is -0.493 e. The first kappa shape index (κ1) is 18.6. The van der Waals surface area contributed by atoms with Crippen LogP contribution in [0.3, 0.4) is 0 Å². The standard InChI is InChI=1S/C20H13Br2N3O3/c21-13-3-1-12-8-15(5-2-11(12)7-13)28-10-18(26)24-25-19-16-9-14(22)4-6-17(16)23-20(19)27/h1-9,23,27H,10H2. The number of azo groups is 1. The largest absolute Gasteiger partial charge is 0.493 e. The Morgan fingerprint density at radius 2 is 1.71 bits per heavy atom. The number of H-pyrrole nitrogens is 1. The highest BCUT2D eigenvalue weighted by Crippen LogP contribution is 2.36. The number of rotatable bonds is 4. The van der Waals surface area contributed by atoms with Crippen LogP contribution in [0, 0.1) is 0 Å². The Kier molecular flexibility index (Phi) is 5.15. The minimum atomic E-state index is -0.556. The number of carbonyl (C=O) groups excluding carboxylic acids is 1. The maximum atomic E-state index is 12.0. The highest BCUT2D eigenvalue weighted by atomic mass is 79.9. The van der Waals surface area contributed by atoms with Gasteiger partial charge in [-0.25, -0.2) is 0 Å². The van der Waals surface area contributed by atoms with Crippen LogP contribution in [0.5, 0.6) is 11.6 Å². The number of aromatic hydroxyl groups is 1. The Morgan fingerprint density at radius 1 is 1.00 bits per heavy atom. The first-order valence-electron chi connectivity index (χ1n) is 8.26. The molecule has 1 heterocycles. The number of nitrogens with one attached hydrogen (secondary N) is 1. The van der Waals surface area contributed by atoms with Gasteiger partial charge in [0.05, 0.1) is 5.52 Å². The molecule has 6 nitrogen and oxygen atoms in total. The van der Waals surface area contributed by atoms with Crippen LogP contribution in [0.15, 0.2) is 73.8 Å².